The smallest absolute Gasteiger partial charge is 0.0761 e. The quantitative estimate of drug-likeness (QED) is 0.837. The van der Waals surface area contributed by atoms with Crippen molar-refractivity contribution >= 4 is 23.2 Å². The SMILES string of the molecule is C[C@@H](O)c1ccc(Cl)cc1.C[C@H](O)c1ccc(Cl)cc1. The number of hydrogen-bond acceptors (Lipinski definition) is 2. The molecule has 0 aliphatic heterocycles. The van der Waals surface area contributed by atoms with Crippen molar-refractivity contribution in [3.63, 3.8) is 0 Å². The van der Waals surface area contributed by atoms with Crippen molar-refractivity contribution in [2.75, 3.05) is 0 Å². The van der Waals surface area contributed by atoms with Crippen molar-refractivity contribution in [2.24, 2.45) is 0 Å². The highest BCUT2D eigenvalue weighted by atomic mass is 35.5. The van der Waals surface area contributed by atoms with E-state index >= 15 is 0 Å². The molecule has 108 valence electrons. The van der Waals surface area contributed by atoms with Crippen LogP contribution in [0, 0.1) is 0 Å². The molecule has 0 radical (unpaired) electrons. The third-order valence-electron chi connectivity index (χ3n) is 2.70. The van der Waals surface area contributed by atoms with Crippen molar-refractivity contribution in [1.29, 1.82) is 0 Å². The molecule has 0 aliphatic carbocycles. The molecule has 2 nitrogen and oxygen atoms in total. The number of aliphatic hydroxyl groups is 2. The molecular weight excluding hydrogens is 295 g/mol. The van der Waals surface area contributed by atoms with Crippen LogP contribution in [-0.2, 0) is 0 Å². The van der Waals surface area contributed by atoms with Crippen LogP contribution in [-0.4, -0.2) is 10.2 Å². The summed E-state index contributed by atoms with van der Waals surface area (Å²) in [5.41, 5.74) is 1.79. The second-order valence-corrected chi connectivity index (χ2v) is 5.33. The molecule has 0 saturated carbocycles. The molecule has 2 aromatic rings. The molecule has 2 atom stereocenters. The Morgan fingerprint density at radius 1 is 0.650 bits per heavy atom. The lowest BCUT2D eigenvalue weighted by Crippen LogP contribution is -1.88. The molecule has 0 aliphatic rings. The summed E-state index contributed by atoms with van der Waals surface area (Å²) >= 11 is 11.3. The summed E-state index contributed by atoms with van der Waals surface area (Å²) in [6.45, 7) is 3.45. The largest absolute Gasteiger partial charge is 0.389 e. The van der Waals surface area contributed by atoms with Crippen LogP contribution in [0.3, 0.4) is 0 Å². The number of rotatable bonds is 2. The zero-order valence-corrected chi connectivity index (χ0v) is 12.9. The van der Waals surface area contributed by atoms with Crippen LogP contribution in [0.5, 0.6) is 0 Å². The van der Waals surface area contributed by atoms with E-state index < -0.39 is 12.2 Å². The van der Waals surface area contributed by atoms with Crippen LogP contribution in [0.15, 0.2) is 48.5 Å². The summed E-state index contributed by atoms with van der Waals surface area (Å²) in [7, 11) is 0. The first-order chi connectivity index (χ1) is 9.40. The molecule has 2 aromatic carbocycles. The van der Waals surface area contributed by atoms with E-state index in [2.05, 4.69) is 0 Å². The Morgan fingerprint density at radius 2 is 0.900 bits per heavy atom. The lowest BCUT2D eigenvalue weighted by Gasteiger charge is -2.02. The molecule has 4 heteroatoms. The molecule has 0 bridgehead atoms. The van der Waals surface area contributed by atoms with Crippen LogP contribution < -0.4 is 0 Å². The summed E-state index contributed by atoms with van der Waals surface area (Å²) in [5.74, 6) is 0. The number of halogens is 2. The minimum absolute atomic E-state index is 0.405. The van der Waals surface area contributed by atoms with Crippen molar-refractivity contribution in [3.8, 4) is 0 Å². The first kappa shape index (κ1) is 17.0. The van der Waals surface area contributed by atoms with Gasteiger partial charge in [-0.05, 0) is 49.2 Å². The second-order valence-electron chi connectivity index (χ2n) is 4.46. The summed E-state index contributed by atoms with van der Waals surface area (Å²) in [6.07, 6.45) is -0.811. The van der Waals surface area contributed by atoms with Crippen LogP contribution >= 0.6 is 23.2 Å². The van der Waals surface area contributed by atoms with Crippen LogP contribution in [0.2, 0.25) is 10.0 Å². The molecule has 0 heterocycles. The number of hydrogen-bond donors (Lipinski definition) is 2. The zero-order chi connectivity index (χ0) is 15.1. The maximum Gasteiger partial charge on any atom is 0.0761 e. The molecule has 20 heavy (non-hydrogen) atoms. The van der Waals surface area contributed by atoms with E-state index in [1.807, 2.05) is 24.3 Å². The Balaban J connectivity index is 0.000000200. The highest BCUT2D eigenvalue weighted by Crippen LogP contribution is 2.15. The average Bonchev–Trinajstić information content (AvgIpc) is 2.40. The summed E-state index contributed by atoms with van der Waals surface area (Å²) < 4.78 is 0. The molecule has 0 amide bonds. The van der Waals surface area contributed by atoms with Crippen molar-refractivity contribution in [1.82, 2.24) is 0 Å². The fraction of sp³-hybridized carbons (Fsp3) is 0.250. The van der Waals surface area contributed by atoms with Gasteiger partial charge in [0, 0.05) is 10.0 Å². The van der Waals surface area contributed by atoms with E-state index in [9.17, 15) is 0 Å². The molecule has 0 spiro atoms. The van der Waals surface area contributed by atoms with Gasteiger partial charge in [-0.2, -0.15) is 0 Å². The van der Waals surface area contributed by atoms with Gasteiger partial charge < -0.3 is 10.2 Å². The van der Waals surface area contributed by atoms with Crippen molar-refractivity contribution in [2.45, 2.75) is 26.1 Å². The lowest BCUT2D eigenvalue weighted by molar-refractivity contribution is 0.199. The number of aliphatic hydroxyl groups excluding tert-OH is 2. The maximum absolute atomic E-state index is 9.07. The predicted octanol–water partition coefficient (Wildman–Crippen LogP) is 4.79. The van der Waals surface area contributed by atoms with Gasteiger partial charge >= 0.3 is 0 Å². The fourth-order valence-electron chi connectivity index (χ4n) is 1.48. The average molecular weight is 313 g/mol. The van der Waals surface area contributed by atoms with E-state index in [0.29, 0.717) is 10.0 Å². The summed E-state index contributed by atoms with van der Waals surface area (Å²) in [6, 6.07) is 14.3. The van der Waals surface area contributed by atoms with E-state index in [1.54, 1.807) is 38.1 Å². The third-order valence-corrected chi connectivity index (χ3v) is 3.21. The molecule has 0 aromatic heterocycles. The zero-order valence-electron chi connectivity index (χ0n) is 11.4. The minimum atomic E-state index is -0.405. The third kappa shape index (κ3) is 5.93. The van der Waals surface area contributed by atoms with Gasteiger partial charge in [0.15, 0.2) is 0 Å². The Labute approximate surface area is 129 Å². The Bertz CT molecular complexity index is 456. The molecular formula is C16H18Cl2O2. The summed E-state index contributed by atoms with van der Waals surface area (Å²) in [5, 5.41) is 19.5. The molecule has 2 rings (SSSR count). The van der Waals surface area contributed by atoms with Crippen molar-refractivity contribution in [3.05, 3.63) is 69.7 Å². The normalized spacial score (nSPS) is 13.1. The van der Waals surface area contributed by atoms with Gasteiger partial charge in [-0.25, -0.2) is 0 Å². The first-order valence-electron chi connectivity index (χ1n) is 6.27. The van der Waals surface area contributed by atoms with Crippen LogP contribution in [0.25, 0.3) is 0 Å². The highest BCUT2D eigenvalue weighted by molar-refractivity contribution is 6.30. The van der Waals surface area contributed by atoms with Gasteiger partial charge in [0.1, 0.15) is 0 Å². The summed E-state index contributed by atoms with van der Waals surface area (Å²) in [4.78, 5) is 0. The second kappa shape index (κ2) is 8.28. The van der Waals surface area contributed by atoms with Gasteiger partial charge in [0.25, 0.3) is 0 Å². The van der Waals surface area contributed by atoms with Crippen molar-refractivity contribution < 1.29 is 10.2 Å². The highest BCUT2D eigenvalue weighted by Gasteiger charge is 1.98. The molecule has 0 saturated heterocycles. The first-order valence-corrected chi connectivity index (χ1v) is 7.03. The van der Waals surface area contributed by atoms with Gasteiger partial charge in [-0.3, -0.25) is 0 Å². The number of benzene rings is 2. The molecule has 0 unspecified atom stereocenters. The Hall–Kier alpha value is -1.06. The van der Waals surface area contributed by atoms with Gasteiger partial charge in [-0.15, -0.1) is 0 Å². The van der Waals surface area contributed by atoms with Crippen LogP contribution in [0.1, 0.15) is 37.2 Å². The van der Waals surface area contributed by atoms with E-state index in [4.69, 9.17) is 33.4 Å². The monoisotopic (exact) mass is 312 g/mol. The minimum Gasteiger partial charge on any atom is -0.389 e. The van der Waals surface area contributed by atoms with Gasteiger partial charge in [0.2, 0.25) is 0 Å². The topological polar surface area (TPSA) is 40.5 Å². The standard InChI is InChI=1S/2C8H9ClO/c2*1-6(10)7-2-4-8(9)5-3-7/h2*2-6,10H,1H3/t2*6-/m10/s1. The fourth-order valence-corrected chi connectivity index (χ4v) is 1.73. The molecule has 2 N–H and O–H groups in total. The maximum atomic E-state index is 9.07. The van der Waals surface area contributed by atoms with E-state index in [1.165, 1.54) is 0 Å². The van der Waals surface area contributed by atoms with Gasteiger partial charge in [0.05, 0.1) is 12.2 Å². The van der Waals surface area contributed by atoms with E-state index in [-0.39, 0.29) is 0 Å². The Morgan fingerprint density at radius 3 is 1.10 bits per heavy atom. The lowest BCUT2D eigenvalue weighted by atomic mass is 10.1. The predicted molar refractivity (Wildman–Crippen MR) is 84.2 cm³/mol. The molecule has 0 fully saturated rings. The Kier molecular flexibility index (Phi) is 7.03. The van der Waals surface area contributed by atoms with Gasteiger partial charge in [-0.1, -0.05) is 47.5 Å². The van der Waals surface area contributed by atoms with E-state index in [0.717, 1.165) is 11.1 Å². The van der Waals surface area contributed by atoms with Crippen LogP contribution in [0.4, 0.5) is 0 Å².